The van der Waals surface area contributed by atoms with Crippen LogP contribution in [0.15, 0.2) is 42.5 Å². The zero-order valence-corrected chi connectivity index (χ0v) is 15.4. The molecule has 2 aromatic carbocycles. The number of nitrogens with zero attached hydrogens (tertiary/aromatic N) is 1. The lowest BCUT2D eigenvalue weighted by Crippen LogP contribution is -2.54. The second kappa shape index (κ2) is 6.95. The van der Waals surface area contributed by atoms with Crippen molar-refractivity contribution in [1.29, 1.82) is 0 Å². The fraction of sp³-hybridized carbons (Fsp3) is 0.333. The van der Waals surface area contributed by atoms with Gasteiger partial charge in [-0.3, -0.25) is 9.59 Å². The SMILES string of the molecule is CC(C)c1ccc(NC(=O)C2CN(C(=O)c3ccc4c(c3)OCO4)C2)cc1. The van der Waals surface area contributed by atoms with Crippen LogP contribution in [0, 0.1) is 5.92 Å². The Labute approximate surface area is 158 Å². The van der Waals surface area contributed by atoms with Crippen LogP contribution in [0.5, 0.6) is 11.5 Å². The van der Waals surface area contributed by atoms with Crippen molar-refractivity contribution >= 4 is 17.5 Å². The topological polar surface area (TPSA) is 67.9 Å². The van der Waals surface area contributed by atoms with Gasteiger partial charge in [-0.15, -0.1) is 0 Å². The van der Waals surface area contributed by atoms with E-state index in [0.717, 1.165) is 5.69 Å². The number of fused-ring (bicyclic) bond motifs is 1. The number of amides is 2. The van der Waals surface area contributed by atoms with Crippen molar-refractivity contribution in [3.63, 3.8) is 0 Å². The fourth-order valence-electron chi connectivity index (χ4n) is 3.22. The molecule has 0 radical (unpaired) electrons. The molecule has 0 atom stereocenters. The Morgan fingerprint density at radius 2 is 1.74 bits per heavy atom. The van der Waals surface area contributed by atoms with Crippen LogP contribution in [0.3, 0.4) is 0 Å². The molecule has 1 N–H and O–H groups in total. The molecule has 2 aliphatic rings. The molecule has 0 aliphatic carbocycles. The number of anilines is 1. The Bertz CT molecular complexity index is 870. The molecule has 2 aromatic rings. The first-order valence-corrected chi connectivity index (χ1v) is 9.11. The number of ether oxygens (including phenoxy) is 2. The van der Waals surface area contributed by atoms with Crippen LogP contribution in [-0.4, -0.2) is 36.6 Å². The van der Waals surface area contributed by atoms with E-state index in [1.165, 1.54) is 5.56 Å². The molecule has 6 nitrogen and oxygen atoms in total. The first-order valence-electron chi connectivity index (χ1n) is 9.11. The van der Waals surface area contributed by atoms with Gasteiger partial charge in [0.25, 0.3) is 5.91 Å². The van der Waals surface area contributed by atoms with Gasteiger partial charge in [0.1, 0.15) is 0 Å². The molecule has 2 heterocycles. The third kappa shape index (κ3) is 3.47. The quantitative estimate of drug-likeness (QED) is 0.902. The summed E-state index contributed by atoms with van der Waals surface area (Å²) >= 11 is 0. The van der Waals surface area contributed by atoms with E-state index in [0.29, 0.717) is 36.1 Å². The van der Waals surface area contributed by atoms with Crippen molar-refractivity contribution in [2.45, 2.75) is 19.8 Å². The average molecular weight is 366 g/mol. The summed E-state index contributed by atoms with van der Waals surface area (Å²) in [4.78, 5) is 26.6. The van der Waals surface area contributed by atoms with E-state index in [1.807, 2.05) is 24.3 Å². The highest BCUT2D eigenvalue weighted by Crippen LogP contribution is 2.33. The predicted octanol–water partition coefficient (Wildman–Crippen LogP) is 3.25. The van der Waals surface area contributed by atoms with Crippen molar-refractivity contribution in [3.8, 4) is 11.5 Å². The summed E-state index contributed by atoms with van der Waals surface area (Å²) in [6.45, 7) is 5.28. The maximum absolute atomic E-state index is 12.6. The third-order valence-electron chi connectivity index (χ3n) is 5.00. The second-order valence-electron chi connectivity index (χ2n) is 7.24. The fourth-order valence-corrected chi connectivity index (χ4v) is 3.22. The summed E-state index contributed by atoms with van der Waals surface area (Å²) in [6.07, 6.45) is 0. The number of hydrogen-bond acceptors (Lipinski definition) is 4. The molecule has 140 valence electrons. The molecule has 0 bridgehead atoms. The smallest absolute Gasteiger partial charge is 0.254 e. The number of likely N-dealkylation sites (tertiary alicyclic amines) is 1. The van der Waals surface area contributed by atoms with E-state index < -0.39 is 0 Å². The van der Waals surface area contributed by atoms with Crippen LogP contribution in [0.2, 0.25) is 0 Å². The van der Waals surface area contributed by atoms with Gasteiger partial charge in [-0.25, -0.2) is 0 Å². The Morgan fingerprint density at radius 3 is 2.44 bits per heavy atom. The second-order valence-corrected chi connectivity index (χ2v) is 7.24. The van der Waals surface area contributed by atoms with Gasteiger partial charge in [0.2, 0.25) is 12.7 Å². The van der Waals surface area contributed by atoms with Gasteiger partial charge >= 0.3 is 0 Å². The van der Waals surface area contributed by atoms with E-state index in [9.17, 15) is 9.59 Å². The Morgan fingerprint density at radius 1 is 1.04 bits per heavy atom. The highest BCUT2D eigenvalue weighted by atomic mass is 16.7. The summed E-state index contributed by atoms with van der Waals surface area (Å²) in [6, 6.07) is 13.0. The molecule has 2 amide bonds. The van der Waals surface area contributed by atoms with Crippen LogP contribution in [0.1, 0.15) is 35.7 Å². The van der Waals surface area contributed by atoms with Crippen LogP contribution < -0.4 is 14.8 Å². The molecule has 6 heteroatoms. The molecule has 1 saturated heterocycles. The van der Waals surface area contributed by atoms with Crippen LogP contribution in [0.25, 0.3) is 0 Å². The summed E-state index contributed by atoms with van der Waals surface area (Å²) in [5.74, 6) is 1.35. The molecule has 4 rings (SSSR count). The van der Waals surface area contributed by atoms with Crippen molar-refractivity contribution in [2.24, 2.45) is 5.92 Å². The highest BCUT2D eigenvalue weighted by molar-refractivity contribution is 5.99. The van der Waals surface area contributed by atoms with E-state index in [-0.39, 0.29) is 24.5 Å². The lowest BCUT2D eigenvalue weighted by Gasteiger charge is -2.38. The molecule has 0 spiro atoms. The van der Waals surface area contributed by atoms with Crippen LogP contribution in [0.4, 0.5) is 5.69 Å². The zero-order chi connectivity index (χ0) is 19.0. The van der Waals surface area contributed by atoms with Gasteiger partial charge < -0.3 is 19.7 Å². The van der Waals surface area contributed by atoms with Gasteiger partial charge in [0.15, 0.2) is 11.5 Å². The average Bonchev–Trinajstić information content (AvgIpc) is 3.08. The molecular formula is C21H22N2O4. The normalized spacial score (nSPS) is 15.6. The molecule has 0 unspecified atom stereocenters. The summed E-state index contributed by atoms with van der Waals surface area (Å²) < 4.78 is 10.6. The van der Waals surface area contributed by atoms with Gasteiger partial charge in [-0.1, -0.05) is 26.0 Å². The lowest BCUT2D eigenvalue weighted by atomic mass is 9.97. The van der Waals surface area contributed by atoms with Crippen molar-refractivity contribution in [3.05, 3.63) is 53.6 Å². The summed E-state index contributed by atoms with van der Waals surface area (Å²) in [5, 5.41) is 2.93. The van der Waals surface area contributed by atoms with Gasteiger partial charge in [0.05, 0.1) is 5.92 Å². The van der Waals surface area contributed by atoms with Crippen molar-refractivity contribution in [2.75, 3.05) is 25.2 Å². The Balaban J connectivity index is 1.32. The van der Waals surface area contributed by atoms with Crippen LogP contribution >= 0.6 is 0 Å². The predicted molar refractivity (Wildman–Crippen MR) is 101 cm³/mol. The van der Waals surface area contributed by atoms with Crippen molar-refractivity contribution < 1.29 is 19.1 Å². The summed E-state index contributed by atoms with van der Waals surface area (Å²) in [7, 11) is 0. The molecule has 27 heavy (non-hydrogen) atoms. The number of rotatable bonds is 4. The van der Waals surface area contributed by atoms with Crippen LogP contribution in [-0.2, 0) is 4.79 Å². The minimum absolute atomic E-state index is 0.0537. The third-order valence-corrected chi connectivity index (χ3v) is 5.00. The van der Waals surface area contributed by atoms with E-state index in [1.54, 1.807) is 23.1 Å². The zero-order valence-electron chi connectivity index (χ0n) is 15.4. The molecule has 2 aliphatic heterocycles. The van der Waals surface area contributed by atoms with Gasteiger partial charge in [0, 0.05) is 24.3 Å². The monoisotopic (exact) mass is 366 g/mol. The number of hydrogen-bond donors (Lipinski definition) is 1. The number of benzene rings is 2. The molecular weight excluding hydrogens is 344 g/mol. The minimum Gasteiger partial charge on any atom is -0.454 e. The molecule has 0 saturated carbocycles. The standard InChI is InChI=1S/C21H22N2O4/c1-13(2)14-3-6-17(7-4-14)22-20(24)16-10-23(11-16)21(25)15-5-8-18-19(9-15)27-12-26-18/h3-9,13,16H,10-12H2,1-2H3,(H,22,24). The van der Waals surface area contributed by atoms with E-state index in [2.05, 4.69) is 19.2 Å². The Kier molecular flexibility index (Phi) is 4.48. The van der Waals surface area contributed by atoms with Gasteiger partial charge in [-0.2, -0.15) is 0 Å². The summed E-state index contributed by atoms with van der Waals surface area (Å²) in [5.41, 5.74) is 2.56. The van der Waals surface area contributed by atoms with E-state index in [4.69, 9.17) is 9.47 Å². The molecule has 1 fully saturated rings. The first-order chi connectivity index (χ1) is 13.0. The Hall–Kier alpha value is -3.02. The van der Waals surface area contributed by atoms with Gasteiger partial charge in [-0.05, 0) is 41.8 Å². The lowest BCUT2D eigenvalue weighted by molar-refractivity contribution is -0.123. The molecule has 0 aromatic heterocycles. The highest BCUT2D eigenvalue weighted by Gasteiger charge is 2.36. The largest absolute Gasteiger partial charge is 0.454 e. The first kappa shape index (κ1) is 17.4. The van der Waals surface area contributed by atoms with Crippen molar-refractivity contribution in [1.82, 2.24) is 4.90 Å². The maximum atomic E-state index is 12.6. The number of carbonyl (C=O) groups excluding carboxylic acids is 2. The number of nitrogens with one attached hydrogen (secondary N) is 1. The minimum atomic E-state index is -0.187. The number of carbonyl (C=O) groups is 2. The maximum Gasteiger partial charge on any atom is 0.254 e. The van der Waals surface area contributed by atoms with E-state index >= 15 is 0 Å².